The fourth-order valence-corrected chi connectivity index (χ4v) is 5.45. The number of pyridine rings is 1. The number of ether oxygens (including phenoxy) is 1. The number of aromatic nitrogens is 3. The Morgan fingerprint density at radius 3 is 2.39 bits per heavy atom. The molecule has 7 N–H and O–H groups in total. The van der Waals surface area contributed by atoms with Crippen LogP contribution in [0.4, 0.5) is 18.3 Å². The number of hydrogen-bond acceptors (Lipinski definition) is 15. The minimum absolute atomic E-state index is 0.0637. The number of anilines is 1. The van der Waals surface area contributed by atoms with E-state index in [1.54, 1.807) is 22.7 Å². The summed E-state index contributed by atoms with van der Waals surface area (Å²) < 4.78 is 74.5. The molecule has 20 nitrogen and oxygen atoms in total. The van der Waals surface area contributed by atoms with Crippen LogP contribution in [0.1, 0.15) is 25.2 Å². The number of thiazole rings is 1. The summed E-state index contributed by atoms with van der Waals surface area (Å²) in [7, 11) is -5.01. The molecule has 51 heavy (non-hydrogen) atoms. The molecule has 2 aliphatic rings. The molecule has 3 aromatic rings. The fourth-order valence-electron chi connectivity index (χ4n) is 4.45. The van der Waals surface area contributed by atoms with Gasteiger partial charge in [-0.2, -0.15) is 26.7 Å². The number of β-lactam (4-membered cyclic amide) rings is 1. The average molecular weight is 767 g/mol. The van der Waals surface area contributed by atoms with Crippen LogP contribution in [0.2, 0.25) is 0 Å². The third-order valence-electron chi connectivity index (χ3n) is 7.13. The quantitative estimate of drug-likeness (QED) is 0.0571. The summed E-state index contributed by atoms with van der Waals surface area (Å²) in [6.45, 7) is 4.13. The monoisotopic (exact) mass is 766 g/mol. The van der Waals surface area contributed by atoms with Gasteiger partial charge in [0.1, 0.15) is 29.7 Å². The van der Waals surface area contributed by atoms with Crippen LogP contribution in [-0.4, -0.2) is 116 Å². The molecule has 0 aliphatic carbocycles. The molecule has 2 amide bonds. The molecule has 2 aliphatic heterocycles. The van der Waals surface area contributed by atoms with Gasteiger partial charge in [-0.25, -0.2) is 19.6 Å². The minimum Gasteiger partial charge on any atom is -0.487 e. The first-order chi connectivity index (χ1) is 23.7. The number of imidazole rings is 1. The second-order valence-electron chi connectivity index (χ2n) is 11.3. The topological polar surface area (TPSA) is 287 Å². The molecule has 2 atom stereocenters. The lowest BCUT2D eigenvalue weighted by molar-refractivity contribution is -0.218. The van der Waals surface area contributed by atoms with E-state index < -0.39 is 70.3 Å². The number of rotatable bonds is 13. The van der Waals surface area contributed by atoms with E-state index in [2.05, 4.69) is 30.0 Å². The van der Waals surface area contributed by atoms with Crippen molar-refractivity contribution in [1.29, 1.82) is 0 Å². The molecule has 25 heteroatoms. The number of carbonyl (C=O) groups is 4. The van der Waals surface area contributed by atoms with Gasteiger partial charge in [0.15, 0.2) is 10.8 Å². The number of carboxylic acids is 2. The van der Waals surface area contributed by atoms with Crippen LogP contribution in [0.5, 0.6) is 5.75 Å². The molecule has 5 heterocycles. The summed E-state index contributed by atoms with van der Waals surface area (Å²) >= 11 is 0.963. The largest absolute Gasteiger partial charge is 0.490 e. The Labute approximate surface area is 288 Å². The number of oxime groups is 1. The van der Waals surface area contributed by atoms with Crippen molar-refractivity contribution in [3.05, 3.63) is 41.3 Å². The highest BCUT2D eigenvalue weighted by Crippen LogP contribution is 2.33. The van der Waals surface area contributed by atoms with Gasteiger partial charge in [-0.3, -0.25) is 14.1 Å². The number of alkyl halides is 3. The van der Waals surface area contributed by atoms with Crippen LogP contribution in [-0.2, 0) is 45.1 Å². The molecule has 0 aromatic carbocycles. The van der Waals surface area contributed by atoms with Crippen LogP contribution >= 0.6 is 11.3 Å². The van der Waals surface area contributed by atoms with Gasteiger partial charge in [0.25, 0.3) is 17.9 Å². The first-order valence-electron chi connectivity index (χ1n) is 14.3. The van der Waals surface area contributed by atoms with E-state index in [-0.39, 0.29) is 10.8 Å². The van der Waals surface area contributed by atoms with E-state index in [0.717, 1.165) is 36.5 Å². The maximum absolute atomic E-state index is 13.2. The second kappa shape index (κ2) is 15.0. The molecule has 2 saturated heterocycles. The number of nitrogens with two attached hydrogens (primary N) is 1. The van der Waals surface area contributed by atoms with E-state index >= 15 is 0 Å². The lowest BCUT2D eigenvalue weighted by Gasteiger charge is -2.50. The van der Waals surface area contributed by atoms with E-state index in [1.807, 2.05) is 6.20 Å². The van der Waals surface area contributed by atoms with Gasteiger partial charge in [0.05, 0.1) is 17.4 Å². The van der Waals surface area contributed by atoms with Crippen LogP contribution < -0.4 is 21.1 Å². The highest BCUT2D eigenvalue weighted by molar-refractivity contribution is 7.80. The van der Waals surface area contributed by atoms with Crippen molar-refractivity contribution in [2.75, 3.05) is 25.4 Å². The lowest BCUT2D eigenvalue weighted by Crippen LogP contribution is -2.76. The van der Waals surface area contributed by atoms with Gasteiger partial charge in [-0.1, -0.05) is 5.16 Å². The zero-order valence-electron chi connectivity index (χ0n) is 26.2. The maximum atomic E-state index is 13.2. The zero-order valence-corrected chi connectivity index (χ0v) is 27.9. The molecule has 0 spiro atoms. The number of nitrogen functional groups attached to an aromatic ring is 1. The third kappa shape index (κ3) is 9.78. The molecule has 0 saturated carbocycles. The van der Waals surface area contributed by atoms with E-state index in [1.165, 1.54) is 19.2 Å². The highest BCUT2D eigenvalue weighted by Gasteiger charge is 2.58. The number of carboxylic acid groups (broad SMARTS) is 2. The van der Waals surface area contributed by atoms with Crippen molar-refractivity contribution in [2.24, 2.45) is 11.1 Å². The number of nitrogens with zero attached hydrogens (tertiary/aromatic N) is 5. The summed E-state index contributed by atoms with van der Waals surface area (Å²) in [6.07, 6.45) is -2.39. The summed E-state index contributed by atoms with van der Waals surface area (Å²) in [5.41, 5.74) is 5.30. The number of halogens is 3. The molecule has 0 bridgehead atoms. The average Bonchev–Trinajstić information content (AvgIpc) is 3.62. The molecular weight excluding hydrogens is 737 g/mol. The molecule has 5 rings (SSSR count). The summed E-state index contributed by atoms with van der Waals surface area (Å²) in [4.78, 5) is 60.3. The molecule has 2 fully saturated rings. The Balaban J connectivity index is 0.000000755. The standard InChI is InChI=1S/C24H28N8O10S2.C2HF3O2/c1-24(2)19(21(34)32(24)42-44(37,38)39)29-20(33)18(15-11-43-23(25)28-15)30-41-16(22(35)36)10-40-14-3-4-17-27-13(8-31(17)9-14)5-12-6-26-7-12;3-2(4,5)1(6)7/h3-4,8-9,11-12,16,19,26H,5-7,10H2,1-2H3,(H2,25,28)(H,29,33)(H,35,36)(H,37,38,39);(H,6,7)/b30-18-;/t16-,19+;/m0./s1. The van der Waals surface area contributed by atoms with Crippen LogP contribution in [0.15, 0.2) is 35.1 Å². The van der Waals surface area contributed by atoms with E-state index in [9.17, 15) is 41.1 Å². The predicted molar refractivity (Wildman–Crippen MR) is 166 cm³/mol. The van der Waals surface area contributed by atoms with Crippen molar-refractivity contribution in [1.82, 2.24) is 30.1 Å². The van der Waals surface area contributed by atoms with Crippen LogP contribution in [0, 0.1) is 5.92 Å². The van der Waals surface area contributed by atoms with Gasteiger partial charge < -0.3 is 40.6 Å². The van der Waals surface area contributed by atoms with Crippen molar-refractivity contribution in [3.63, 3.8) is 0 Å². The Hall–Kier alpha value is -5.11. The van der Waals surface area contributed by atoms with Crippen LogP contribution in [0.25, 0.3) is 5.65 Å². The molecule has 278 valence electrons. The number of aliphatic carboxylic acids is 2. The van der Waals surface area contributed by atoms with Gasteiger partial charge in [0.2, 0.25) is 0 Å². The second-order valence-corrected chi connectivity index (χ2v) is 13.2. The number of nitrogens with one attached hydrogen (secondary N) is 2. The van der Waals surface area contributed by atoms with Crippen molar-refractivity contribution < 1.29 is 69.4 Å². The number of carbonyl (C=O) groups excluding carboxylic acids is 2. The first-order valence-corrected chi connectivity index (χ1v) is 16.5. The van der Waals surface area contributed by atoms with Gasteiger partial charge in [0, 0.05) is 11.6 Å². The number of hydrogen-bond donors (Lipinski definition) is 6. The lowest BCUT2D eigenvalue weighted by atomic mass is 9.84. The summed E-state index contributed by atoms with van der Waals surface area (Å²) in [5, 5.41) is 28.0. The van der Waals surface area contributed by atoms with Gasteiger partial charge >= 0.3 is 28.5 Å². The Kier molecular flexibility index (Phi) is 11.4. The Morgan fingerprint density at radius 1 is 1.22 bits per heavy atom. The number of hydroxylamine groups is 2. The van der Waals surface area contributed by atoms with Crippen LogP contribution in [0.3, 0.4) is 0 Å². The smallest absolute Gasteiger partial charge is 0.487 e. The predicted octanol–water partition coefficient (Wildman–Crippen LogP) is -0.139. The highest BCUT2D eigenvalue weighted by atomic mass is 32.3. The van der Waals surface area contributed by atoms with Gasteiger partial charge in [-0.15, -0.1) is 15.6 Å². The van der Waals surface area contributed by atoms with E-state index in [0.29, 0.717) is 22.4 Å². The maximum Gasteiger partial charge on any atom is 0.490 e. The van der Waals surface area contributed by atoms with Crippen molar-refractivity contribution in [2.45, 2.75) is 44.1 Å². The van der Waals surface area contributed by atoms with E-state index in [4.69, 9.17) is 29.8 Å². The number of amides is 2. The molecule has 0 unspecified atom stereocenters. The molecule has 0 radical (unpaired) electrons. The number of fused-ring (bicyclic) bond motifs is 1. The van der Waals surface area contributed by atoms with Crippen molar-refractivity contribution >= 4 is 62.0 Å². The SMILES string of the molecule is CC1(C)[C@H](NC(=O)/C(=N\O[C@@H](COc2ccc3nc(CC4CNC4)cn3c2)C(=O)O)c2csc(N)n2)C(=O)N1OS(=O)(=O)O.O=C(O)C(F)(F)F. The van der Waals surface area contributed by atoms with Crippen molar-refractivity contribution in [3.8, 4) is 5.75 Å². The normalized spacial score (nSPS) is 18.2. The summed E-state index contributed by atoms with van der Waals surface area (Å²) in [6, 6.07) is 2.04. The zero-order chi connectivity index (χ0) is 37.9. The summed E-state index contributed by atoms with van der Waals surface area (Å²) in [5.74, 6) is -5.34. The molecular formula is C26H29F3N8O12S2. The molecule has 3 aromatic heterocycles. The Morgan fingerprint density at radius 2 is 1.88 bits per heavy atom. The Bertz CT molecular complexity index is 1950. The van der Waals surface area contributed by atoms with Gasteiger partial charge in [-0.05, 0) is 51.4 Å². The first kappa shape index (κ1) is 38.7. The third-order valence-corrected chi connectivity index (χ3v) is 8.14. The minimum atomic E-state index is -5.08. The fraction of sp³-hybridized carbons (Fsp3) is 0.423.